The average Bonchev–Trinajstić information content (AvgIpc) is 3.28. The van der Waals surface area contributed by atoms with Gasteiger partial charge in [-0.25, -0.2) is 4.79 Å². The van der Waals surface area contributed by atoms with Gasteiger partial charge in [0.15, 0.2) is 0 Å². The van der Waals surface area contributed by atoms with Crippen LogP contribution in [0.2, 0.25) is 5.02 Å². The molecule has 2 unspecified atom stereocenters. The Morgan fingerprint density at radius 1 is 1.06 bits per heavy atom. The van der Waals surface area contributed by atoms with Crippen LogP contribution in [0.4, 0.5) is 4.79 Å². The molecule has 1 aromatic heterocycles. The quantitative estimate of drug-likeness (QED) is 0.429. The Labute approximate surface area is 204 Å². The van der Waals surface area contributed by atoms with Crippen LogP contribution >= 0.6 is 11.6 Å². The molecule has 0 radical (unpaired) electrons. The van der Waals surface area contributed by atoms with Gasteiger partial charge in [-0.3, -0.25) is 9.59 Å². The van der Waals surface area contributed by atoms with Crippen molar-refractivity contribution >= 4 is 29.5 Å². The molecular formula is C24H33ClN4O5. The van der Waals surface area contributed by atoms with Gasteiger partial charge < -0.3 is 30.4 Å². The highest BCUT2D eigenvalue weighted by atomic mass is 35.5. The van der Waals surface area contributed by atoms with Crippen molar-refractivity contribution in [1.82, 2.24) is 20.5 Å². The van der Waals surface area contributed by atoms with Crippen molar-refractivity contribution in [2.45, 2.75) is 58.3 Å². The molecule has 0 aliphatic carbocycles. The number of rotatable bonds is 9. The summed E-state index contributed by atoms with van der Waals surface area (Å²) in [7, 11) is 0. The van der Waals surface area contributed by atoms with Crippen LogP contribution in [0.3, 0.4) is 0 Å². The van der Waals surface area contributed by atoms with Crippen molar-refractivity contribution < 1.29 is 24.2 Å². The third kappa shape index (κ3) is 8.39. The van der Waals surface area contributed by atoms with Gasteiger partial charge in [0.1, 0.15) is 11.6 Å². The molecule has 0 aliphatic heterocycles. The van der Waals surface area contributed by atoms with E-state index in [0.29, 0.717) is 5.02 Å². The van der Waals surface area contributed by atoms with Crippen LogP contribution in [0, 0.1) is 0 Å². The molecule has 0 fully saturated rings. The summed E-state index contributed by atoms with van der Waals surface area (Å²) in [5.74, 6) is -1.26. The summed E-state index contributed by atoms with van der Waals surface area (Å²) in [6, 6.07) is 8.37. The van der Waals surface area contributed by atoms with Crippen LogP contribution in [0.5, 0.6) is 0 Å². The van der Waals surface area contributed by atoms with Crippen LogP contribution in [-0.2, 0) is 14.3 Å². The second-order valence-corrected chi connectivity index (χ2v) is 9.44. The second kappa shape index (κ2) is 11.9. The number of carbonyl (C=O) groups excluding carboxylic acids is 3. The van der Waals surface area contributed by atoms with E-state index in [1.54, 1.807) is 33.8 Å². The van der Waals surface area contributed by atoms with E-state index in [0.717, 1.165) is 11.3 Å². The number of nitrogens with one attached hydrogen (secondary N) is 3. The summed E-state index contributed by atoms with van der Waals surface area (Å²) in [6.07, 6.45) is 2.05. The fraction of sp³-hybridized carbons (Fsp3) is 0.458. The monoisotopic (exact) mass is 492 g/mol. The van der Waals surface area contributed by atoms with Crippen LogP contribution < -0.4 is 16.0 Å². The van der Waals surface area contributed by atoms with E-state index in [-0.39, 0.29) is 19.0 Å². The van der Waals surface area contributed by atoms with E-state index in [1.807, 2.05) is 41.2 Å². The van der Waals surface area contributed by atoms with E-state index in [2.05, 4.69) is 16.0 Å². The van der Waals surface area contributed by atoms with E-state index < -0.39 is 35.7 Å². The zero-order valence-corrected chi connectivity index (χ0v) is 20.8. The van der Waals surface area contributed by atoms with Crippen molar-refractivity contribution in [3.8, 4) is 5.69 Å². The number of ether oxygens (including phenoxy) is 1. The summed E-state index contributed by atoms with van der Waals surface area (Å²) in [4.78, 5) is 36.4. The maximum atomic E-state index is 12.5. The highest BCUT2D eigenvalue weighted by Gasteiger charge is 2.22. The van der Waals surface area contributed by atoms with Crippen molar-refractivity contribution in [2.75, 3.05) is 13.1 Å². The average molecular weight is 493 g/mol. The van der Waals surface area contributed by atoms with Gasteiger partial charge in [-0.15, -0.1) is 0 Å². The predicted molar refractivity (Wildman–Crippen MR) is 130 cm³/mol. The van der Waals surface area contributed by atoms with Crippen LogP contribution in [0.15, 0.2) is 42.7 Å². The van der Waals surface area contributed by atoms with Crippen molar-refractivity contribution in [1.29, 1.82) is 0 Å². The molecule has 0 aliphatic rings. The van der Waals surface area contributed by atoms with Crippen molar-refractivity contribution in [2.24, 2.45) is 0 Å². The summed E-state index contributed by atoms with van der Waals surface area (Å²) in [5, 5.41) is 18.3. The molecule has 2 rings (SSSR count). The van der Waals surface area contributed by atoms with E-state index in [4.69, 9.17) is 16.3 Å². The fourth-order valence-corrected chi connectivity index (χ4v) is 3.30. The number of nitrogens with zero attached hydrogens (tertiary/aromatic N) is 1. The number of carbonyl (C=O) groups is 3. The zero-order valence-electron chi connectivity index (χ0n) is 20.1. The number of hydrogen-bond donors (Lipinski definition) is 4. The number of halogens is 1. The summed E-state index contributed by atoms with van der Waals surface area (Å²) >= 11 is 6.39. The fourth-order valence-electron chi connectivity index (χ4n) is 3.01. The van der Waals surface area contributed by atoms with Gasteiger partial charge in [-0.2, -0.15) is 0 Å². The largest absolute Gasteiger partial charge is 0.444 e. The normalized spacial score (nSPS) is 14.0. The molecule has 1 aromatic carbocycles. The number of benzene rings is 1. The van der Waals surface area contributed by atoms with E-state index >= 15 is 0 Å². The van der Waals surface area contributed by atoms with Crippen LogP contribution in [0.25, 0.3) is 5.69 Å². The molecule has 9 nitrogen and oxygen atoms in total. The summed E-state index contributed by atoms with van der Waals surface area (Å²) in [6.45, 7) is 8.26. The molecule has 0 bridgehead atoms. The number of aliphatic hydroxyl groups is 1. The lowest BCUT2D eigenvalue weighted by Crippen LogP contribution is -2.49. The van der Waals surface area contributed by atoms with Crippen molar-refractivity contribution in [3.05, 3.63) is 53.3 Å². The van der Waals surface area contributed by atoms with Gasteiger partial charge in [0, 0.05) is 25.5 Å². The lowest BCUT2D eigenvalue weighted by Gasteiger charge is -2.22. The minimum Gasteiger partial charge on any atom is -0.444 e. The molecule has 3 amide bonds. The SMILES string of the molecule is CC(C(=O)NCC(O)CNC(=O)[C@H](C)NC(=O)OC(C)(C)C)c1ccc(-n2cccc2)c(Cl)c1. The molecule has 3 atom stereocenters. The Morgan fingerprint density at radius 3 is 2.21 bits per heavy atom. The second-order valence-electron chi connectivity index (χ2n) is 9.03. The highest BCUT2D eigenvalue weighted by molar-refractivity contribution is 6.32. The first kappa shape index (κ1) is 27.2. The van der Waals surface area contributed by atoms with E-state index in [1.165, 1.54) is 6.92 Å². The van der Waals surface area contributed by atoms with Gasteiger partial charge in [0.05, 0.1) is 22.7 Å². The Kier molecular flexibility index (Phi) is 9.52. The third-order valence-corrected chi connectivity index (χ3v) is 5.20. The predicted octanol–water partition coefficient (Wildman–Crippen LogP) is 2.74. The first-order valence-corrected chi connectivity index (χ1v) is 11.4. The molecule has 186 valence electrons. The van der Waals surface area contributed by atoms with Crippen LogP contribution in [-0.4, -0.2) is 58.4 Å². The van der Waals surface area contributed by atoms with Gasteiger partial charge in [-0.05, 0) is 64.4 Å². The smallest absolute Gasteiger partial charge is 0.408 e. The standard InChI is InChI=1S/C24H33ClN4O5/c1-15(17-8-9-20(19(25)12-17)29-10-6-7-11-29)21(31)26-13-18(30)14-27-22(32)16(2)28-23(33)34-24(3,4)5/h6-12,15-16,18,30H,13-14H2,1-5H3,(H,26,31)(H,27,32)(H,28,33)/t15?,16-,18?/m0/s1. The molecular weight excluding hydrogens is 460 g/mol. The molecule has 34 heavy (non-hydrogen) atoms. The van der Waals surface area contributed by atoms with Gasteiger partial charge >= 0.3 is 6.09 Å². The maximum absolute atomic E-state index is 12.5. The Hall–Kier alpha value is -3.04. The number of hydrogen-bond acceptors (Lipinski definition) is 5. The van der Waals surface area contributed by atoms with Gasteiger partial charge in [0.2, 0.25) is 11.8 Å². The Balaban J connectivity index is 1.78. The molecule has 0 saturated heterocycles. The number of alkyl carbamates (subject to hydrolysis) is 1. The topological polar surface area (TPSA) is 122 Å². The minimum atomic E-state index is -1.01. The first-order valence-electron chi connectivity index (χ1n) is 11.0. The highest BCUT2D eigenvalue weighted by Crippen LogP contribution is 2.26. The third-order valence-electron chi connectivity index (χ3n) is 4.90. The molecule has 10 heteroatoms. The minimum absolute atomic E-state index is 0.0491. The molecule has 0 spiro atoms. The maximum Gasteiger partial charge on any atom is 0.408 e. The zero-order chi connectivity index (χ0) is 25.5. The number of aromatic nitrogens is 1. The molecule has 2 aromatic rings. The Morgan fingerprint density at radius 2 is 1.65 bits per heavy atom. The lowest BCUT2D eigenvalue weighted by molar-refractivity contribution is -0.123. The van der Waals surface area contributed by atoms with E-state index in [9.17, 15) is 19.5 Å². The molecule has 4 N–H and O–H groups in total. The summed E-state index contributed by atoms with van der Waals surface area (Å²) in [5.41, 5.74) is 0.870. The lowest BCUT2D eigenvalue weighted by atomic mass is 10.00. The van der Waals surface area contributed by atoms with Crippen molar-refractivity contribution in [3.63, 3.8) is 0 Å². The number of aliphatic hydroxyl groups excluding tert-OH is 1. The van der Waals surface area contributed by atoms with Crippen LogP contribution in [0.1, 0.15) is 46.1 Å². The number of amides is 3. The van der Waals surface area contributed by atoms with Gasteiger partial charge in [-0.1, -0.05) is 17.7 Å². The van der Waals surface area contributed by atoms with Gasteiger partial charge in [0.25, 0.3) is 0 Å². The summed E-state index contributed by atoms with van der Waals surface area (Å²) < 4.78 is 6.98. The molecule has 0 saturated carbocycles. The first-order chi connectivity index (χ1) is 15.9. The molecule has 1 heterocycles. The Bertz CT molecular complexity index is 988.